The van der Waals surface area contributed by atoms with Crippen LogP contribution in [0.2, 0.25) is 10.3 Å². The largest absolute Gasteiger partial charge is 0.380 e. The first-order chi connectivity index (χ1) is 7.15. The van der Waals surface area contributed by atoms with Crippen molar-refractivity contribution < 1.29 is 4.74 Å². The standard InChI is InChI=1S/C9H13Cl2N3O/c1-3-15-5-4-14(2)7-6-8(10)12-13-9(7)11/h6H,3-5H2,1-2H3. The highest BCUT2D eigenvalue weighted by atomic mass is 35.5. The van der Waals surface area contributed by atoms with Crippen LogP contribution >= 0.6 is 23.2 Å². The van der Waals surface area contributed by atoms with E-state index in [1.807, 2.05) is 18.9 Å². The van der Waals surface area contributed by atoms with Gasteiger partial charge in [0.05, 0.1) is 12.3 Å². The Morgan fingerprint density at radius 2 is 2.13 bits per heavy atom. The summed E-state index contributed by atoms with van der Waals surface area (Å²) in [5.74, 6) is 0. The van der Waals surface area contributed by atoms with Crippen molar-refractivity contribution in [2.24, 2.45) is 0 Å². The molecule has 1 rings (SSSR count). The summed E-state index contributed by atoms with van der Waals surface area (Å²) in [6.07, 6.45) is 0. The number of anilines is 1. The van der Waals surface area contributed by atoms with Crippen molar-refractivity contribution in [2.75, 3.05) is 31.7 Å². The molecular formula is C9H13Cl2N3O. The molecule has 0 bridgehead atoms. The van der Waals surface area contributed by atoms with Gasteiger partial charge in [-0.2, -0.15) is 0 Å². The maximum absolute atomic E-state index is 5.89. The van der Waals surface area contributed by atoms with E-state index in [0.29, 0.717) is 23.5 Å². The van der Waals surface area contributed by atoms with E-state index >= 15 is 0 Å². The number of nitrogens with zero attached hydrogens (tertiary/aromatic N) is 3. The minimum Gasteiger partial charge on any atom is -0.380 e. The molecule has 0 aliphatic carbocycles. The van der Waals surface area contributed by atoms with Crippen molar-refractivity contribution in [3.63, 3.8) is 0 Å². The second-order valence-corrected chi connectivity index (χ2v) is 3.71. The fourth-order valence-electron chi connectivity index (χ4n) is 1.08. The van der Waals surface area contributed by atoms with Gasteiger partial charge in [0.25, 0.3) is 0 Å². The van der Waals surface area contributed by atoms with E-state index in [4.69, 9.17) is 27.9 Å². The van der Waals surface area contributed by atoms with E-state index in [9.17, 15) is 0 Å². The number of halogens is 2. The Hall–Kier alpha value is -0.580. The molecule has 0 aliphatic rings. The predicted molar refractivity (Wildman–Crippen MR) is 61.8 cm³/mol. The third-order valence-corrected chi connectivity index (χ3v) is 2.34. The molecule has 1 heterocycles. The van der Waals surface area contributed by atoms with Gasteiger partial charge in [0.15, 0.2) is 10.3 Å². The van der Waals surface area contributed by atoms with Crippen LogP contribution in [0, 0.1) is 0 Å². The van der Waals surface area contributed by atoms with Crippen LogP contribution in [-0.2, 0) is 4.74 Å². The molecule has 1 aromatic rings. The lowest BCUT2D eigenvalue weighted by molar-refractivity contribution is 0.154. The fourth-order valence-corrected chi connectivity index (χ4v) is 1.46. The lowest BCUT2D eigenvalue weighted by atomic mass is 10.4. The van der Waals surface area contributed by atoms with E-state index in [1.165, 1.54) is 0 Å². The molecule has 0 aliphatic heterocycles. The molecule has 0 N–H and O–H groups in total. The Balaban J connectivity index is 2.64. The summed E-state index contributed by atoms with van der Waals surface area (Å²) in [5.41, 5.74) is 0.761. The molecule has 0 atom stereocenters. The van der Waals surface area contributed by atoms with Crippen molar-refractivity contribution in [3.05, 3.63) is 16.4 Å². The van der Waals surface area contributed by atoms with Gasteiger partial charge in [0, 0.05) is 26.3 Å². The number of aromatic nitrogens is 2. The predicted octanol–water partition coefficient (Wildman–Crippen LogP) is 2.26. The van der Waals surface area contributed by atoms with Gasteiger partial charge in [0.1, 0.15) is 0 Å². The van der Waals surface area contributed by atoms with Crippen molar-refractivity contribution in [3.8, 4) is 0 Å². The zero-order chi connectivity index (χ0) is 11.3. The van der Waals surface area contributed by atoms with E-state index < -0.39 is 0 Å². The molecule has 84 valence electrons. The van der Waals surface area contributed by atoms with Gasteiger partial charge >= 0.3 is 0 Å². The smallest absolute Gasteiger partial charge is 0.175 e. The Bertz CT molecular complexity index is 322. The highest BCUT2D eigenvalue weighted by Gasteiger charge is 2.08. The summed E-state index contributed by atoms with van der Waals surface area (Å²) in [7, 11) is 1.90. The zero-order valence-corrected chi connectivity index (χ0v) is 10.2. The van der Waals surface area contributed by atoms with Crippen LogP contribution in [0.4, 0.5) is 5.69 Å². The van der Waals surface area contributed by atoms with Crippen LogP contribution in [0.25, 0.3) is 0 Å². The van der Waals surface area contributed by atoms with Crippen LogP contribution in [0.1, 0.15) is 6.92 Å². The minimum atomic E-state index is 0.331. The van der Waals surface area contributed by atoms with Crippen LogP contribution in [0.3, 0.4) is 0 Å². The van der Waals surface area contributed by atoms with Crippen molar-refractivity contribution in [1.29, 1.82) is 0 Å². The second kappa shape index (κ2) is 6.10. The summed E-state index contributed by atoms with van der Waals surface area (Å²) in [4.78, 5) is 1.93. The molecule has 0 spiro atoms. The molecule has 15 heavy (non-hydrogen) atoms. The molecule has 0 amide bonds. The molecule has 0 saturated heterocycles. The molecule has 0 fully saturated rings. The van der Waals surface area contributed by atoms with Crippen molar-refractivity contribution >= 4 is 28.9 Å². The normalized spacial score (nSPS) is 10.4. The highest BCUT2D eigenvalue weighted by molar-refractivity contribution is 6.33. The molecule has 0 aromatic carbocycles. The quantitative estimate of drug-likeness (QED) is 0.751. The van der Waals surface area contributed by atoms with Crippen LogP contribution in [0.15, 0.2) is 6.07 Å². The Kier molecular flexibility index (Phi) is 5.08. The fraction of sp³-hybridized carbons (Fsp3) is 0.556. The second-order valence-electron chi connectivity index (χ2n) is 2.96. The molecule has 0 radical (unpaired) electrons. The highest BCUT2D eigenvalue weighted by Crippen LogP contribution is 2.23. The van der Waals surface area contributed by atoms with Crippen molar-refractivity contribution in [1.82, 2.24) is 10.2 Å². The Morgan fingerprint density at radius 3 is 2.80 bits per heavy atom. The third kappa shape index (κ3) is 3.81. The number of likely N-dealkylation sites (N-methyl/N-ethyl adjacent to an activating group) is 1. The average molecular weight is 250 g/mol. The van der Waals surface area contributed by atoms with Crippen LogP contribution in [-0.4, -0.2) is 37.0 Å². The zero-order valence-electron chi connectivity index (χ0n) is 8.70. The Morgan fingerprint density at radius 1 is 1.40 bits per heavy atom. The maximum atomic E-state index is 5.89. The van der Waals surface area contributed by atoms with Crippen molar-refractivity contribution in [2.45, 2.75) is 6.92 Å². The van der Waals surface area contributed by atoms with Gasteiger partial charge in [-0.05, 0) is 6.92 Å². The molecule has 4 nitrogen and oxygen atoms in total. The van der Waals surface area contributed by atoms with E-state index in [1.54, 1.807) is 6.07 Å². The average Bonchev–Trinajstić information content (AvgIpc) is 2.22. The third-order valence-electron chi connectivity index (χ3n) is 1.89. The molecule has 6 heteroatoms. The first-order valence-electron chi connectivity index (χ1n) is 4.62. The summed E-state index contributed by atoms with van der Waals surface area (Å²) < 4.78 is 5.24. The van der Waals surface area contributed by atoms with Gasteiger partial charge in [-0.25, -0.2) is 0 Å². The molecule has 0 saturated carbocycles. The number of hydrogen-bond acceptors (Lipinski definition) is 4. The van der Waals surface area contributed by atoms with E-state index in [-0.39, 0.29) is 0 Å². The van der Waals surface area contributed by atoms with E-state index in [0.717, 1.165) is 12.2 Å². The first-order valence-corrected chi connectivity index (χ1v) is 5.38. The van der Waals surface area contributed by atoms with E-state index in [2.05, 4.69) is 10.2 Å². The molecular weight excluding hydrogens is 237 g/mol. The molecule has 1 aromatic heterocycles. The number of hydrogen-bond donors (Lipinski definition) is 0. The van der Waals surface area contributed by atoms with Gasteiger partial charge in [-0.15, -0.1) is 10.2 Å². The summed E-state index contributed by atoms with van der Waals surface area (Å²) >= 11 is 11.6. The topological polar surface area (TPSA) is 38.2 Å². The lowest BCUT2D eigenvalue weighted by Gasteiger charge is -2.19. The first kappa shape index (κ1) is 12.5. The number of ether oxygens (including phenoxy) is 1. The minimum absolute atomic E-state index is 0.331. The number of rotatable bonds is 5. The SMILES string of the molecule is CCOCCN(C)c1cc(Cl)nnc1Cl. The summed E-state index contributed by atoms with van der Waals surface area (Å²) in [5, 5.41) is 8.05. The van der Waals surface area contributed by atoms with Gasteiger partial charge in [-0.1, -0.05) is 23.2 Å². The lowest BCUT2D eigenvalue weighted by Crippen LogP contribution is -2.23. The maximum Gasteiger partial charge on any atom is 0.175 e. The summed E-state index contributed by atoms with van der Waals surface area (Å²) in [6, 6.07) is 1.68. The van der Waals surface area contributed by atoms with Gasteiger partial charge < -0.3 is 9.64 Å². The Labute approximate surface area is 99.1 Å². The monoisotopic (exact) mass is 249 g/mol. The molecule has 0 unspecified atom stereocenters. The van der Waals surface area contributed by atoms with Crippen LogP contribution in [0.5, 0.6) is 0 Å². The van der Waals surface area contributed by atoms with Crippen LogP contribution < -0.4 is 4.90 Å². The van der Waals surface area contributed by atoms with Gasteiger partial charge in [-0.3, -0.25) is 0 Å². The van der Waals surface area contributed by atoms with Gasteiger partial charge in [0.2, 0.25) is 0 Å². The summed E-state index contributed by atoms with van der Waals surface area (Å²) in [6.45, 7) is 4.04.